The Bertz CT molecular complexity index is 980. The molecule has 2 aromatic heterocycles. The molecule has 0 radical (unpaired) electrons. The molecule has 0 spiro atoms. The first-order chi connectivity index (χ1) is 13.1. The van der Waals surface area contributed by atoms with E-state index in [1.807, 2.05) is 11.0 Å². The van der Waals surface area contributed by atoms with Crippen molar-refractivity contribution in [2.24, 2.45) is 0 Å². The fourth-order valence-electron chi connectivity index (χ4n) is 3.50. The molecule has 5 rings (SSSR count). The van der Waals surface area contributed by atoms with Crippen LogP contribution in [-0.2, 0) is 9.59 Å². The Labute approximate surface area is 161 Å². The molecule has 8 nitrogen and oxygen atoms in total. The number of hydrogen-bond donors (Lipinski definition) is 2. The van der Waals surface area contributed by atoms with E-state index in [-0.39, 0.29) is 25.7 Å². The van der Waals surface area contributed by atoms with Gasteiger partial charge in [0.1, 0.15) is 17.8 Å². The zero-order valence-electron chi connectivity index (χ0n) is 14.6. The number of halogens is 1. The summed E-state index contributed by atoms with van der Waals surface area (Å²) in [6, 6.07) is 2.32. The number of fused-ring (bicyclic) bond motifs is 1. The van der Waals surface area contributed by atoms with Gasteiger partial charge < -0.3 is 10.2 Å². The zero-order chi connectivity index (χ0) is 18.5. The number of carbonyl (C=O) groups excluding carboxylic acids is 2. The quantitative estimate of drug-likeness (QED) is 0.616. The molecule has 2 amide bonds. The fourth-order valence-corrected chi connectivity index (χ4v) is 3.50. The van der Waals surface area contributed by atoms with Gasteiger partial charge in [0, 0.05) is 29.8 Å². The third kappa shape index (κ3) is 3.32. The van der Waals surface area contributed by atoms with Crippen molar-refractivity contribution < 1.29 is 14.0 Å². The number of hydrogen-bond acceptors (Lipinski definition) is 6. The molecule has 4 heterocycles. The number of rotatable bonds is 4. The minimum absolute atomic E-state index is 0. The normalized spacial score (nSPS) is 23.4. The molecule has 3 aliphatic rings. The summed E-state index contributed by atoms with van der Waals surface area (Å²) in [5.41, 5.74) is 1.63. The Morgan fingerprint density at radius 1 is 1.29 bits per heavy atom. The molecule has 1 aliphatic carbocycles. The van der Waals surface area contributed by atoms with Crippen LogP contribution in [0, 0.1) is 0 Å². The zero-order valence-corrected chi connectivity index (χ0v) is 14.6. The van der Waals surface area contributed by atoms with Crippen molar-refractivity contribution in [1.82, 2.24) is 19.9 Å². The number of amides is 2. The predicted molar refractivity (Wildman–Crippen MR) is 104 cm³/mol. The lowest BCUT2D eigenvalue weighted by molar-refractivity contribution is -0.124. The van der Waals surface area contributed by atoms with E-state index in [1.165, 1.54) is 0 Å². The Balaban J connectivity index is 0.00000192. The molecular weight excluding hydrogens is 363 g/mol. The van der Waals surface area contributed by atoms with Crippen LogP contribution in [0.4, 0.5) is 16.0 Å². The Morgan fingerprint density at radius 2 is 2.11 bits per heavy atom. The molecule has 148 valence electrons. The number of alkyl halides is 1. The molecular formula is C19H23FN6O2. The molecule has 1 atom stereocenters. The van der Waals surface area contributed by atoms with E-state index in [9.17, 15) is 14.0 Å². The van der Waals surface area contributed by atoms with Crippen LogP contribution >= 0.6 is 0 Å². The number of nitrogens with zero attached hydrogens (tertiary/aromatic N) is 4. The third-order valence-corrected chi connectivity index (χ3v) is 5.10. The van der Waals surface area contributed by atoms with Gasteiger partial charge in [0.2, 0.25) is 5.91 Å². The largest absolute Gasteiger partial charge is 0.367 e. The van der Waals surface area contributed by atoms with Crippen LogP contribution in [0.5, 0.6) is 0 Å². The maximum atomic E-state index is 13.7. The summed E-state index contributed by atoms with van der Waals surface area (Å²) in [7, 11) is 0. The molecule has 3 fully saturated rings. The number of nitrogens with one attached hydrogen (secondary N) is 2. The van der Waals surface area contributed by atoms with Gasteiger partial charge in [-0.1, -0.05) is 7.43 Å². The third-order valence-electron chi connectivity index (χ3n) is 5.10. The average Bonchev–Trinajstić information content (AvgIpc) is 3.04. The molecule has 28 heavy (non-hydrogen) atoms. The van der Waals surface area contributed by atoms with Gasteiger partial charge in [0.05, 0.1) is 19.2 Å². The van der Waals surface area contributed by atoms with Crippen LogP contribution in [0.15, 0.2) is 17.8 Å². The molecule has 1 saturated carbocycles. The molecule has 0 unspecified atom stereocenters. The smallest absolute Gasteiger partial charge is 0.254 e. The Morgan fingerprint density at radius 3 is 2.75 bits per heavy atom. The van der Waals surface area contributed by atoms with Crippen LogP contribution in [0.2, 0.25) is 0 Å². The summed E-state index contributed by atoms with van der Waals surface area (Å²) in [6.07, 6.45) is 5.21. The van der Waals surface area contributed by atoms with E-state index >= 15 is 0 Å². The lowest BCUT2D eigenvalue weighted by Crippen LogP contribution is -2.22. The van der Waals surface area contributed by atoms with Crippen molar-refractivity contribution in [3.8, 4) is 0 Å². The van der Waals surface area contributed by atoms with Gasteiger partial charge in [-0.05, 0) is 25.3 Å². The highest BCUT2D eigenvalue weighted by Crippen LogP contribution is 2.30. The molecule has 2 aromatic rings. The minimum Gasteiger partial charge on any atom is -0.367 e. The maximum absolute atomic E-state index is 13.7. The molecule has 2 aliphatic heterocycles. The van der Waals surface area contributed by atoms with Crippen molar-refractivity contribution in [2.75, 3.05) is 23.3 Å². The monoisotopic (exact) mass is 386 g/mol. The Kier molecular flexibility index (Phi) is 4.52. The van der Waals surface area contributed by atoms with Gasteiger partial charge in [-0.15, -0.1) is 0 Å². The van der Waals surface area contributed by atoms with E-state index in [1.54, 1.807) is 16.8 Å². The van der Waals surface area contributed by atoms with Crippen LogP contribution in [0.1, 0.15) is 38.7 Å². The van der Waals surface area contributed by atoms with E-state index < -0.39 is 6.17 Å². The highest BCUT2D eigenvalue weighted by atomic mass is 19.1. The van der Waals surface area contributed by atoms with E-state index in [4.69, 9.17) is 0 Å². The highest BCUT2D eigenvalue weighted by Gasteiger charge is 2.28. The molecule has 0 aromatic carbocycles. The van der Waals surface area contributed by atoms with Gasteiger partial charge >= 0.3 is 0 Å². The Hall–Kier alpha value is -2.97. The second-order valence-corrected chi connectivity index (χ2v) is 7.31. The van der Waals surface area contributed by atoms with Crippen molar-refractivity contribution in [3.63, 3.8) is 0 Å². The van der Waals surface area contributed by atoms with Crippen molar-refractivity contribution in [2.45, 2.75) is 45.3 Å². The first-order valence-electron chi connectivity index (χ1n) is 9.16. The molecule has 2 saturated heterocycles. The summed E-state index contributed by atoms with van der Waals surface area (Å²) in [6.45, 7) is 0.947. The minimum atomic E-state index is -0.845. The van der Waals surface area contributed by atoms with E-state index in [2.05, 4.69) is 20.7 Å². The first-order valence-corrected chi connectivity index (χ1v) is 9.16. The van der Waals surface area contributed by atoms with Gasteiger partial charge in [0.15, 0.2) is 5.65 Å². The summed E-state index contributed by atoms with van der Waals surface area (Å²) in [5, 5.41) is 10.1. The van der Waals surface area contributed by atoms with Crippen LogP contribution in [-0.4, -0.2) is 51.7 Å². The molecule has 2 N–H and O–H groups in total. The van der Waals surface area contributed by atoms with E-state index in [0.29, 0.717) is 48.2 Å². The summed E-state index contributed by atoms with van der Waals surface area (Å²) >= 11 is 0. The van der Waals surface area contributed by atoms with Gasteiger partial charge in [-0.25, -0.2) is 9.37 Å². The van der Waals surface area contributed by atoms with Crippen molar-refractivity contribution in [1.29, 1.82) is 0 Å². The second kappa shape index (κ2) is 6.88. The van der Waals surface area contributed by atoms with E-state index in [0.717, 1.165) is 18.7 Å². The lowest BCUT2D eigenvalue weighted by Gasteiger charge is -2.18. The number of imide groups is 1. The van der Waals surface area contributed by atoms with Crippen LogP contribution < -0.4 is 15.5 Å². The fraction of sp³-hybridized carbons (Fsp3) is 0.474. The van der Waals surface area contributed by atoms with Gasteiger partial charge in [-0.3, -0.25) is 14.9 Å². The van der Waals surface area contributed by atoms with Gasteiger partial charge in [0.25, 0.3) is 5.91 Å². The van der Waals surface area contributed by atoms with Crippen LogP contribution in [0.3, 0.4) is 0 Å². The standard InChI is InChI=1S/C18H19FN6O2.CH4/c19-12-3-4-24(9-12)14-7-15(21-13-1-2-13)25-17(22-14)11(8-20-25)5-10-6-16(26)23-18(10)27;/h5,7-8,12-13,21H,1-4,6,9H2,(H,23,26,27);1H4/b10-5+;/t12-;/m1./s1. The number of anilines is 2. The average molecular weight is 386 g/mol. The molecule has 0 bridgehead atoms. The first kappa shape index (κ1) is 18.4. The highest BCUT2D eigenvalue weighted by molar-refractivity contribution is 6.15. The summed E-state index contributed by atoms with van der Waals surface area (Å²) in [5.74, 6) is 0.805. The second-order valence-electron chi connectivity index (χ2n) is 7.31. The number of carbonyl (C=O) groups is 2. The van der Waals surface area contributed by atoms with Crippen molar-refractivity contribution in [3.05, 3.63) is 23.4 Å². The summed E-state index contributed by atoms with van der Waals surface area (Å²) < 4.78 is 15.4. The topological polar surface area (TPSA) is 91.6 Å². The summed E-state index contributed by atoms with van der Waals surface area (Å²) in [4.78, 5) is 29.9. The van der Waals surface area contributed by atoms with Crippen molar-refractivity contribution >= 4 is 35.2 Å². The van der Waals surface area contributed by atoms with Gasteiger partial charge in [-0.2, -0.15) is 9.61 Å². The van der Waals surface area contributed by atoms with Crippen LogP contribution in [0.25, 0.3) is 11.7 Å². The number of aromatic nitrogens is 3. The maximum Gasteiger partial charge on any atom is 0.254 e. The SMILES string of the molecule is C.O=C1C/C(=C\c2cnn3c(NC4CC4)cc(N4CC[C@@H](F)C4)nc23)C(=O)N1. The lowest BCUT2D eigenvalue weighted by atomic mass is 10.1. The predicted octanol–water partition coefficient (Wildman–Crippen LogP) is 1.92. The molecule has 9 heteroatoms.